The van der Waals surface area contributed by atoms with E-state index in [1.807, 2.05) is 37.3 Å². The molecule has 1 fully saturated rings. The van der Waals surface area contributed by atoms with E-state index in [-0.39, 0.29) is 11.9 Å². The van der Waals surface area contributed by atoms with E-state index in [0.717, 1.165) is 60.9 Å². The molecule has 140 valence electrons. The number of aryl methyl sites for hydroxylation is 2. The van der Waals surface area contributed by atoms with Crippen LogP contribution in [0.15, 0.2) is 30.3 Å². The number of ketones is 1. The van der Waals surface area contributed by atoms with E-state index in [0.29, 0.717) is 6.54 Å². The number of likely N-dealkylation sites (tertiary alicyclic amines) is 1. The molecule has 3 rings (SSSR count). The van der Waals surface area contributed by atoms with Crippen molar-refractivity contribution in [2.24, 2.45) is 0 Å². The molecule has 0 aliphatic carbocycles. The molecule has 2 aromatic rings. The third kappa shape index (κ3) is 4.56. The van der Waals surface area contributed by atoms with Crippen molar-refractivity contribution in [3.05, 3.63) is 57.9 Å². The number of aromatic nitrogens is 1. The van der Waals surface area contributed by atoms with Gasteiger partial charge in [0.1, 0.15) is 0 Å². The number of nitrogens with zero attached hydrogens (tertiary/aromatic N) is 2. The van der Waals surface area contributed by atoms with Gasteiger partial charge in [0, 0.05) is 41.6 Å². The highest BCUT2D eigenvalue weighted by molar-refractivity contribution is 6.30. The fraction of sp³-hybridized carbons (Fsp3) is 0.476. The number of benzene rings is 1. The Balaban J connectivity index is 1.65. The number of Topliss-reactive ketones (excluding diaryl/α,β-unsaturated/α-hetero) is 1. The van der Waals surface area contributed by atoms with Crippen molar-refractivity contribution in [1.82, 2.24) is 9.47 Å². The van der Waals surface area contributed by atoms with Crippen molar-refractivity contribution in [2.45, 2.75) is 45.8 Å². The van der Waals surface area contributed by atoms with Gasteiger partial charge in [-0.1, -0.05) is 23.7 Å². The SMILES string of the molecule is Cc1cc(C(=O)CN2CCC(O)CC2)c(C)n1CCc1ccc(Cl)cc1. The summed E-state index contributed by atoms with van der Waals surface area (Å²) < 4.78 is 2.22. The summed E-state index contributed by atoms with van der Waals surface area (Å²) in [5.74, 6) is 0.173. The van der Waals surface area contributed by atoms with Crippen LogP contribution in [-0.4, -0.2) is 46.1 Å². The molecule has 1 saturated heterocycles. The number of piperidine rings is 1. The maximum Gasteiger partial charge on any atom is 0.178 e. The second kappa shape index (κ2) is 8.38. The standard InChI is InChI=1S/C21H27ClN2O2/c1-15-13-20(21(26)14-23-10-8-19(25)9-11-23)16(2)24(15)12-7-17-3-5-18(22)6-4-17/h3-6,13,19,25H,7-12,14H2,1-2H3. The minimum absolute atomic E-state index is 0.173. The van der Waals surface area contributed by atoms with Gasteiger partial charge in [0.2, 0.25) is 0 Å². The normalized spacial score (nSPS) is 16.2. The number of aliphatic hydroxyl groups excluding tert-OH is 1. The van der Waals surface area contributed by atoms with Gasteiger partial charge in [-0.05, 0) is 56.9 Å². The summed E-state index contributed by atoms with van der Waals surface area (Å²) in [5.41, 5.74) is 4.22. The summed E-state index contributed by atoms with van der Waals surface area (Å²) in [4.78, 5) is 14.9. The van der Waals surface area contributed by atoms with E-state index in [2.05, 4.69) is 16.4 Å². The molecule has 5 heteroatoms. The van der Waals surface area contributed by atoms with E-state index in [1.54, 1.807) is 0 Å². The van der Waals surface area contributed by atoms with Gasteiger partial charge in [-0.3, -0.25) is 9.69 Å². The molecule has 1 aliphatic rings. The molecule has 0 saturated carbocycles. The number of halogens is 1. The molecule has 4 nitrogen and oxygen atoms in total. The first-order chi connectivity index (χ1) is 12.4. The van der Waals surface area contributed by atoms with Crippen LogP contribution in [0.25, 0.3) is 0 Å². The number of carbonyl (C=O) groups is 1. The van der Waals surface area contributed by atoms with Crippen molar-refractivity contribution in [3.8, 4) is 0 Å². The van der Waals surface area contributed by atoms with Crippen molar-refractivity contribution in [1.29, 1.82) is 0 Å². The smallest absolute Gasteiger partial charge is 0.178 e. The average Bonchev–Trinajstić information content (AvgIpc) is 2.91. The summed E-state index contributed by atoms with van der Waals surface area (Å²) in [5, 5.41) is 10.4. The molecule has 0 spiro atoms. The molecule has 1 aromatic carbocycles. The highest BCUT2D eigenvalue weighted by Gasteiger charge is 2.22. The lowest BCUT2D eigenvalue weighted by Gasteiger charge is -2.28. The van der Waals surface area contributed by atoms with E-state index in [4.69, 9.17) is 11.6 Å². The van der Waals surface area contributed by atoms with Crippen molar-refractivity contribution in [2.75, 3.05) is 19.6 Å². The Bertz CT molecular complexity index is 759. The van der Waals surface area contributed by atoms with Crippen LogP contribution in [0.1, 0.15) is 40.2 Å². The first-order valence-electron chi connectivity index (χ1n) is 9.29. The zero-order valence-electron chi connectivity index (χ0n) is 15.5. The van der Waals surface area contributed by atoms with Gasteiger partial charge in [-0.15, -0.1) is 0 Å². The lowest BCUT2D eigenvalue weighted by Crippen LogP contribution is -2.39. The molecule has 0 unspecified atom stereocenters. The fourth-order valence-corrected chi connectivity index (χ4v) is 3.81. The summed E-state index contributed by atoms with van der Waals surface area (Å²) in [7, 11) is 0. The lowest BCUT2D eigenvalue weighted by atomic mass is 10.1. The first-order valence-corrected chi connectivity index (χ1v) is 9.66. The second-order valence-electron chi connectivity index (χ2n) is 7.24. The van der Waals surface area contributed by atoms with Gasteiger partial charge in [0.25, 0.3) is 0 Å². The Hall–Kier alpha value is -1.62. The third-order valence-electron chi connectivity index (χ3n) is 5.34. The molecular formula is C21H27ClN2O2. The Morgan fingerprint density at radius 3 is 2.50 bits per heavy atom. The van der Waals surface area contributed by atoms with Crippen LogP contribution in [0.2, 0.25) is 5.02 Å². The highest BCUT2D eigenvalue weighted by Crippen LogP contribution is 2.19. The average molecular weight is 375 g/mol. The molecule has 1 N–H and O–H groups in total. The maximum atomic E-state index is 12.8. The molecular weight excluding hydrogens is 348 g/mol. The van der Waals surface area contributed by atoms with Crippen molar-refractivity contribution >= 4 is 17.4 Å². The zero-order chi connectivity index (χ0) is 18.7. The van der Waals surface area contributed by atoms with Crippen LogP contribution in [-0.2, 0) is 13.0 Å². The number of rotatable bonds is 6. The predicted octanol–water partition coefficient (Wildman–Crippen LogP) is 3.64. The predicted molar refractivity (Wildman–Crippen MR) is 105 cm³/mol. The maximum absolute atomic E-state index is 12.8. The van der Waals surface area contributed by atoms with Crippen molar-refractivity contribution in [3.63, 3.8) is 0 Å². The van der Waals surface area contributed by atoms with Gasteiger partial charge < -0.3 is 9.67 Å². The van der Waals surface area contributed by atoms with Crippen molar-refractivity contribution < 1.29 is 9.90 Å². The quantitative estimate of drug-likeness (QED) is 0.785. The lowest BCUT2D eigenvalue weighted by molar-refractivity contribution is 0.0710. The zero-order valence-corrected chi connectivity index (χ0v) is 16.3. The molecule has 0 bridgehead atoms. The number of aliphatic hydroxyl groups is 1. The van der Waals surface area contributed by atoms with Crippen LogP contribution in [0, 0.1) is 13.8 Å². The summed E-state index contributed by atoms with van der Waals surface area (Å²) >= 11 is 5.94. The van der Waals surface area contributed by atoms with Crippen LogP contribution >= 0.6 is 11.6 Å². The van der Waals surface area contributed by atoms with Crippen LogP contribution < -0.4 is 0 Å². The molecule has 2 heterocycles. The molecule has 0 amide bonds. The van der Waals surface area contributed by atoms with Gasteiger partial charge in [0.15, 0.2) is 5.78 Å². The van der Waals surface area contributed by atoms with E-state index >= 15 is 0 Å². The minimum Gasteiger partial charge on any atom is -0.393 e. The van der Waals surface area contributed by atoms with Gasteiger partial charge in [-0.2, -0.15) is 0 Å². The summed E-state index contributed by atoms with van der Waals surface area (Å²) in [6, 6.07) is 9.94. The topological polar surface area (TPSA) is 45.5 Å². The van der Waals surface area contributed by atoms with Crippen LogP contribution in [0.5, 0.6) is 0 Å². The number of carbonyl (C=O) groups excluding carboxylic acids is 1. The summed E-state index contributed by atoms with van der Waals surface area (Å²) in [6.07, 6.45) is 2.21. The molecule has 0 radical (unpaired) electrons. The molecule has 26 heavy (non-hydrogen) atoms. The second-order valence-corrected chi connectivity index (χ2v) is 7.68. The molecule has 1 aliphatic heterocycles. The van der Waals surface area contributed by atoms with Crippen LogP contribution in [0.4, 0.5) is 0 Å². The van der Waals surface area contributed by atoms with Crippen LogP contribution in [0.3, 0.4) is 0 Å². The Morgan fingerprint density at radius 1 is 1.19 bits per heavy atom. The van der Waals surface area contributed by atoms with E-state index in [9.17, 15) is 9.90 Å². The Morgan fingerprint density at radius 2 is 1.85 bits per heavy atom. The van der Waals surface area contributed by atoms with Gasteiger partial charge in [0.05, 0.1) is 12.6 Å². The first kappa shape index (κ1) is 19.2. The van der Waals surface area contributed by atoms with Gasteiger partial charge in [-0.25, -0.2) is 0 Å². The van der Waals surface area contributed by atoms with Gasteiger partial charge >= 0.3 is 0 Å². The number of hydrogen-bond donors (Lipinski definition) is 1. The molecule has 1 aromatic heterocycles. The fourth-order valence-electron chi connectivity index (χ4n) is 3.69. The molecule has 0 atom stereocenters. The number of hydrogen-bond acceptors (Lipinski definition) is 3. The Kier molecular flexibility index (Phi) is 6.17. The minimum atomic E-state index is -0.209. The highest BCUT2D eigenvalue weighted by atomic mass is 35.5. The largest absolute Gasteiger partial charge is 0.393 e. The van der Waals surface area contributed by atoms with E-state index in [1.165, 1.54) is 5.56 Å². The van der Waals surface area contributed by atoms with E-state index < -0.39 is 0 Å². The Labute approximate surface area is 160 Å². The monoisotopic (exact) mass is 374 g/mol. The third-order valence-corrected chi connectivity index (χ3v) is 5.59. The summed E-state index contributed by atoms with van der Waals surface area (Å²) in [6.45, 7) is 6.96.